The Morgan fingerprint density at radius 1 is 1.33 bits per heavy atom. The molecule has 0 bridgehead atoms. The number of anilines is 1. The van der Waals surface area contributed by atoms with Crippen LogP contribution >= 0.6 is 0 Å². The molecule has 4 heteroatoms. The lowest BCUT2D eigenvalue weighted by Crippen LogP contribution is -2.35. The van der Waals surface area contributed by atoms with Crippen molar-refractivity contribution in [3.05, 3.63) is 12.4 Å². The van der Waals surface area contributed by atoms with E-state index in [0.717, 1.165) is 19.0 Å². The molecule has 1 fully saturated rings. The van der Waals surface area contributed by atoms with Crippen molar-refractivity contribution in [1.29, 1.82) is 0 Å². The molecule has 1 aliphatic heterocycles. The molecule has 0 radical (unpaired) electrons. The number of H-pyrrole nitrogens is 1. The van der Waals surface area contributed by atoms with Crippen LogP contribution in [-0.4, -0.2) is 28.1 Å². The molecule has 4 nitrogen and oxygen atoms in total. The van der Waals surface area contributed by atoms with Crippen molar-refractivity contribution < 1.29 is 0 Å². The Hall–Kier alpha value is -1.03. The Labute approximate surface area is 72.0 Å². The van der Waals surface area contributed by atoms with E-state index >= 15 is 0 Å². The van der Waals surface area contributed by atoms with Crippen molar-refractivity contribution in [3.63, 3.8) is 0 Å². The Bertz CT molecular complexity index is 213. The van der Waals surface area contributed by atoms with Gasteiger partial charge in [-0.1, -0.05) is 6.42 Å². The summed E-state index contributed by atoms with van der Waals surface area (Å²) in [5, 5.41) is 2.21. The Kier molecular flexibility index (Phi) is 2.27. The van der Waals surface area contributed by atoms with Crippen LogP contribution in [-0.2, 0) is 0 Å². The first kappa shape index (κ1) is 7.61. The second-order valence-corrected chi connectivity index (χ2v) is 3.10. The molecule has 1 aromatic rings. The van der Waals surface area contributed by atoms with Gasteiger partial charge in [0.25, 0.3) is 0 Å². The van der Waals surface area contributed by atoms with E-state index in [1.54, 1.807) is 6.20 Å². The predicted molar refractivity (Wildman–Crippen MR) is 47.6 cm³/mol. The molecular weight excluding hydrogens is 152 g/mol. The molecule has 2 N–H and O–H groups in total. The Morgan fingerprint density at radius 2 is 2.17 bits per heavy atom. The molecule has 1 saturated heterocycles. The van der Waals surface area contributed by atoms with Crippen LogP contribution in [0.5, 0.6) is 0 Å². The minimum absolute atomic E-state index is 0.844. The summed E-state index contributed by atoms with van der Waals surface area (Å²) in [6, 6.07) is 0. The summed E-state index contributed by atoms with van der Waals surface area (Å²) >= 11 is 0. The van der Waals surface area contributed by atoms with Gasteiger partial charge in [0.05, 0.1) is 0 Å². The molecule has 1 aliphatic rings. The van der Waals surface area contributed by atoms with E-state index in [1.165, 1.54) is 19.3 Å². The van der Waals surface area contributed by atoms with Crippen LogP contribution in [0.3, 0.4) is 0 Å². The first-order chi connectivity index (χ1) is 5.95. The predicted octanol–water partition coefficient (Wildman–Crippen LogP) is 1.22. The van der Waals surface area contributed by atoms with E-state index in [9.17, 15) is 0 Å². The number of hydrazine groups is 1. The number of aromatic amines is 1. The second kappa shape index (κ2) is 3.58. The molecular formula is C8H14N4. The largest absolute Gasteiger partial charge is 0.330 e. The summed E-state index contributed by atoms with van der Waals surface area (Å²) in [6.45, 7) is 2.25. The zero-order valence-corrected chi connectivity index (χ0v) is 7.08. The zero-order chi connectivity index (χ0) is 8.23. The minimum Gasteiger partial charge on any atom is -0.330 e. The fraction of sp³-hybridized carbons (Fsp3) is 0.625. The van der Waals surface area contributed by atoms with Crippen molar-refractivity contribution in [2.45, 2.75) is 19.3 Å². The molecule has 0 aliphatic carbocycles. The van der Waals surface area contributed by atoms with Gasteiger partial charge in [-0.2, -0.15) is 0 Å². The number of rotatable bonds is 2. The fourth-order valence-corrected chi connectivity index (χ4v) is 1.48. The van der Waals surface area contributed by atoms with Gasteiger partial charge in [0.2, 0.25) is 5.95 Å². The van der Waals surface area contributed by atoms with Gasteiger partial charge in [-0.25, -0.2) is 9.99 Å². The second-order valence-electron chi connectivity index (χ2n) is 3.10. The van der Waals surface area contributed by atoms with Crippen LogP contribution in [0.15, 0.2) is 12.4 Å². The van der Waals surface area contributed by atoms with Gasteiger partial charge >= 0.3 is 0 Å². The highest BCUT2D eigenvalue weighted by Crippen LogP contribution is 2.09. The van der Waals surface area contributed by atoms with Crippen molar-refractivity contribution in [1.82, 2.24) is 15.0 Å². The topological polar surface area (TPSA) is 44.0 Å². The van der Waals surface area contributed by atoms with E-state index in [-0.39, 0.29) is 0 Å². The minimum atomic E-state index is 0.844. The summed E-state index contributed by atoms with van der Waals surface area (Å²) in [5.74, 6) is 0.844. The van der Waals surface area contributed by atoms with Gasteiger partial charge < -0.3 is 4.98 Å². The summed E-state index contributed by atoms with van der Waals surface area (Å²) < 4.78 is 0. The Morgan fingerprint density at radius 3 is 2.83 bits per heavy atom. The van der Waals surface area contributed by atoms with Crippen LogP contribution < -0.4 is 5.43 Å². The summed E-state index contributed by atoms with van der Waals surface area (Å²) in [4.78, 5) is 7.12. The zero-order valence-electron chi connectivity index (χ0n) is 7.08. The molecule has 0 unspecified atom stereocenters. The average Bonchev–Trinajstić information content (AvgIpc) is 2.59. The normalized spacial score (nSPS) is 19.3. The molecule has 2 rings (SSSR count). The average molecular weight is 166 g/mol. The molecule has 66 valence electrons. The van der Waals surface area contributed by atoms with Crippen LogP contribution in [0, 0.1) is 0 Å². The maximum absolute atomic E-state index is 4.10. The molecule has 0 atom stereocenters. The van der Waals surface area contributed by atoms with Crippen LogP contribution in [0.2, 0.25) is 0 Å². The van der Waals surface area contributed by atoms with Crippen LogP contribution in [0.1, 0.15) is 19.3 Å². The lowest BCUT2D eigenvalue weighted by Gasteiger charge is -2.26. The smallest absolute Gasteiger partial charge is 0.214 e. The van der Waals surface area contributed by atoms with Crippen molar-refractivity contribution in [3.8, 4) is 0 Å². The fourth-order valence-electron chi connectivity index (χ4n) is 1.48. The van der Waals surface area contributed by atoms with Crippen LogP contribution in [0.4, 0.5) is 5.95 Å². The first-order valence-corrected chi connectivity index (χ1v) is 4.46. The quantitative estimate of drug-likeness (QED) is 0.694. The van der Waals surface area contributed by atoms with E-state index in [2.05, 4.69) is 20.4 Å². The highest BCUT2D eigenvalue weighted by Gasteiger charge is 2.09. The molecule has 2 heterocycles. The monoisotopic (exact) mass is 166 g/mol. The molecule has 1 aromatic heterocycles. The number of piperidine rings is 1. The number of hydrogen-bond donors (Lipinski definition) is 2. The van der Waals surface area contributed by atoms with Crippen LogP contribution in [0.25, 0.3) is 0 Å². The SMILES string of the molecule is c1c[nH]c(NN2CCCCC2)n1. The third kappa shape index (κ3) is 1.76. The van der Waals surface area contributed by atoms with Gasteiger partial charge in [0, 0.05) is 25.5 Å². The van der Waals surface area contributed by atoms with Gasteiger partial charge in [0.15, 0.2) is 0 Å². The van der Waals surface area contributed by atoms with Gasteiger partial charge in [-0.05, 0) is 12.8 Å². The Balaban J connectivity index is 1.86. The van der Waals surface area contributed by atoms with E-state index < -0.39 is 0 Å². The number of imidazole rings is 1. The third-order valence-electron chi connectivity index (χ3n) is 2.12. The first-order valence-electron chi connectivity index (χ1n) is 4.46. The number of aromatic nitrogens is 2. The van der Waals surface area contributed by atoms with E-state index in [1.807, 2.05) is 6.20 Å². The molecule has 12 heavy (non-hydrogen) atoms. The maximum Gasteiger partial charge on any atom is 0.214 e. The number of nitrogens with zero attached hydrogens (tertiary/aromatic N) is 2. The highest BCUT2D eigenvalue weighted by atomic mass is 15.5. The molecule has 0 aromatic carbocycles. The third-order valence-corrected chi connectivity index (χ3v) is 2.12. The maximum atomic E-state index is 4.10. The molecule has 0 saturated carbocycles. The summed E-state index contributed by atoms with van der Waals surface area (Å²) in [5.41, 5.74) is 3.23. The van der Waals surface area contributed by atoms with Crippen molar-refractivity contribution >= 4 is 5.95 Å². The van der Waals surface area contributed by atoms with Gasteiger partial charge in [-0.15, -0.1) is 0 Å². The summed E-state index contributed by atoms with van der Waals surface area (Å²) in [6.07, 6.45) is 7.51. The highest BCUT2D eigenvalue weighted by molar-refractivity contribution is 5.20. The van der Waals surface area contributed by atoms with Crippen molar-refractivity contribution in [2.24, 2.45) is 0 Å². The lowest BCUT2D eigenvalue weighted by molar-refractivity contribution is 0.271. The summed E-state index contributed by atoms with van der Waals surface area (Å²) in [7, 11) is 0. The molecule has 0 amide bonds. The lowest BCUT2D eigenvalue weighted by atomic mass is 10.2. The number of nitrogens with one attached hydrogen (secondary N) is 2. The standard InChI is InChI=1S/C8H14N4/c1-2-6-12(7-3-1)11-8-9-4-5-10-8/h4-5H,1-3,6-7H2,(H2,9,10,11). The van der Waals surface area contributed by atoms with Gasteiger partial charge in [-0.3, -0.25) is 5.43 Å². The van der Waals surface area contributed by atoms with Crippen molar-refractivity contribution in [2.75, 3.05) is 18.5 Å². The van der Waals surface area contributed by atoms with Gasteiger partial charge in [0.1, 0.15) is 0 Å². The van der Waals surface area contributed by atoms with E-state index in [0.29, 0.717) is 0 Å². The number of hydrogen-bond acceptors (Lipinski definition) is 3. The molecule has 0 spiro atoms. The van der Waals surface area contributed by atoms with E-state index in [4.69, 9.17) is 0 Å².